The average molecular weight is 303 g/mol. The normalized spacial score (nSPS) is 9.00. The Morgan fingerprint density at radius 3 is 2.62 bits per heavy atom. The zero-order chi connectivity index (χ0) is 15.8. The Labute approximate surface area is 125 Å². The van der Waals surface area contributed by atoms with Crippen molar-refractivity contribution in [3.05, 3.63) is 46.0 Å². The zero-order valence-electron chi connectivity index (χ0n) is 11.5. The van der Waals surface area contributed by atoms with Gasteiger partial charge in [-0.2, -0.15) is 5.26 Å². The molecular weight excluding hydrogens is 290 g/mol. The van der Waals surface area contributed by atoms with Crippen molar-refractivity contribution in [2.75, 3.05) is 12.4 Å². The summed E-state index contributed by atoms with van der Waals surface area (Å²) in [6.07, 6.45) is 2.52. The Hall–Kier alpha value is -2.72. The van der Waals surface area contributed by atoms with Crippen LogP contribution >= 0.6 is 11.5 Å². The summed E-state index contributed by atoms with van der Waals surface area (Å²) in [6.45, 7) is 1.87. The van der Waals surface area contributed by atoms with E-state index in [0.717, 1.165) is 22.4 Å². The number of aldehydes is 1. The third-order valence-electron chi connectivity index (χ3n) is 2.55. The van der Waals surface area contributed by atoms with Crippen LogP contribution in [0.25, 0.3) is 0 Å². The van der Waals surface area contributed by atoms with Crippen LogP contribution in [-0.2, 0) is 0 Å². The molecule has 1 aromatic heterocycles. The predicted molar refractivity (Wildman–Crippen MR) is 79.9 cm³/mol. The fourth-order valence-corrected chi connectivity index (χ4v) is 1.96. The van der Waals surface area contributed by atoms with Crippen molar-refractivity contribution in [2.45, 2.75) is 6.92 Å². The van der Waals surface area contributed by atoms with Gasteiger partial charge in [0, 0.05) is 18.9 Å². The Balaban J connectivity index is 0.000000235. The quantitative estimate of drug-likeness (QED) is 0.845. The lowest BCUT2D eigenvalue weighted by Crippen LogP contribution is -2.00. The molecule has 0 saturated heterocycles. The van der Waals surface area contributed by atoms with Crippen LogP contribution in [0.4, 0.5) is 5.69 Å². The largest absolute Gasteiger partial charge is 0.478 e. The highest BCUT2D eigenvalue weighted by molar-refractivity contribution is 7.07. The molecular formula is C14H13N3O3S. The van der Waals surface area contributed by atoms with Gasteiger partial charge in [0.25, 0.3) is 0 Å². The van der Waals surface area contributed by atoms with E-state index >= 15 is 0 Å². The molecule has 108 valence electrons. The van der Waals surface area contributed by atoms with Crippen LogP contribution in [0.1, 0.15) is 31.2 Å². The number of carboxylic acid groups (broad SMARTS) is 1. The maximum absolute atomic E-state index is 10.6. The zero-order valence-corrected chi connectivity index (χ0v) is 12.3. The molecule has 1 aromatic carbocycles. The van der Waals surface area contributed by atoms with Gasteiger partial charge in [-0.05, 0) is 42.2 Å². The summed E-state index contributed by atoms with van der Waals surface area (Å²) in [5.74, 6) is -1.08. The van der Waals surface area contributed by atoms with Crippen LogP contribution in [0.2, 0.25) is 0 Å². The Morgan fingerprint density at radius 2 is 2.24 bits per heavy atom. The number of hydrogen-bond acceptors (Lipinski definition) is 6. The first-order chi connectivity index (χ1) is 10.0. The molecule has 2 rings (SSSR count). The summed E-state index contributed by atoms with van der Waals surface area (Å²) < 4.78 is 3.80. The number of aromatic nitrogens is 1. The van der Waals surface area contributed by atoms with E-state index in [1.54, 1.807) is 19.3 Å². The second-order valence-electron chi connectivity index (χ2n) is 3.92. The SMILES string of the molecule is CNc1ccc(C(=O)O)c(C#N)c1.Cc1cnsc1C=O. The second-order valence-corrected chi connectivity index (χ2v) is 4.75. The molecule has 0 radical (unpaired) electrons. The fraction of sp³-hybridized carbons (Fsp3) is 0.143. The number of aromatic carboxylic acids is 1. The van der Waals surface area contributed by atoms with Crippen molar-refractivity contribution < 1.29 is 14.7 Å². The molecule has 0 aliphatic rings. The van der Waals surface area contributed by atoms with Crippen molar-refractivity contribution in [3.8, 4) is 6.07 Å². The van der Waals surface area contributed by atoms with Gasteiger partial charge in [0.2, 0.25) is 0 Å². The first kappa shape index (κ1) is 16.3. The molecule has 0 spiro atoms. The minimum absolute atomic E-state index is 0.0292. The first-order valence-electron chi connectivity index (χ1n) is 5.85. The van der Waals surface area contributed by atoms with Gasteiger partial charge < -0.3 is 10.4 Å². The minimum atomic E-state index is -1.08. The number of nitrogens with zero attached hydrogens (tertiary/aromatic N) is 2. The van der Waals surface area contributed by atoms with E-state index in [0.29, 0.717) is 0 Å². The molecule has 0 aliphatic carbocycles. The minimum Gasteiger partial charge on any atom is -0.478 e. The third kappa shape index (κ3) is 4.40. The number of benzene rings is 1. The Bertz CT molecular complexity index is 689. The van der Waals surface area contributed by atoms with Crippen molar-refractivity contribution >= 4 is 29.5 Å². The van der Waals surface area contributed by atoms with Crippen LogP contribution in [-0.4, -0.2) is 28.8 Å². The van der Waals surface area contributed by atoms with Crippen LogP contribution in [0.5, 0.6) is 0 Å². The van der Waals surface area contributed by atoms with Gasteiger partial charge in [-0.3, -0.25) is 4.79 Å². The molecule has 21 heavy (non-hydrogen) atoms. The molecule has 0 atom stereocenters. The monoisotopic (exact) mass is 303 g/mol. The van der Waals surface area contributed by atoms with Crippen molar-refractivity contribution in [1.29, 1.82) is 5.26 Å². The van der Waals surface area contributed by atoms with Crippen molar-refractivity contribution in [2.24, 2.45) is 0 Å². The smallest absolute Gasteiger partial charge is 0.337 e. The number of carbonyl (C=O) groups is 2. The maximum Gasteiger partial charge on any atom is 0.337 e. The van der Waals surface area contributed by atoms with E-state index in [4.69, 9.17) is 10.4 Å². The molecule has 0 fully saturated rings. The highest BCUT2D eigenvalue weighted by Crippen LogP contribution is 2.14. The average Bonchev–Trinajstić information content (AvgIpc) is 2.92. The van der Waals surface area contributed by atoms with Crippen LogP contribution in [0.15, 0.2) is 24.4 Å². The Kier molecular flexibility index (Phi) is 6.04. The van der Waals surface area contributed by atoms with E-state index < -0.39 is 5.97 Å². The maximum atomic E-state index is 10.6. The molecule has 0 aliphatic heterocycles. The lowest BCUT2D eigenvalue weighted by atomic mass is 10.1. The summed E-state index contributed by atoms with van der Waals surface area (Å²) in [7, 11) is 1.71. The number of nitriles is 1. The lowest BCUT2D eigenvalue weighted by Gasteiger charge is -2.02. The fourth-order valence-electron chi connectivity index (χ4n) is 1.39. The van der Waals surface area contributed by atoms with E-state index in [2.05, 4.69) is 9.69 Å². The molecule has 2 N–H and O–H groups in total. The van der Waals surface area contributed by atoms with E-state index in [1.807, 2.05) is 13.0 Å². The molecule has 0 saturated carbocycles. The summed E-state index contributed by atoms with van der Waals surface area (Å²) >= 11 is 1.23. The van der Waals surface area contributed by atoms with Gasteiger partial charge in [0.05, 0.1) is 16.0 Å². The highest BCUT2D eigenvalue weighted by Gasteiger charge is 2.09. The number of nitrogens with one attached hydrogen (secondary N) is 1. The number of aryl methyl sites for hydroxylation is 1. The van der Waals surface area contributed by atoms with Crippen molar-refractivity contribution in [1.82, 2.24) is 4.37 Å². The predicted octanol–water partition coefficient (Wildman–Crippen LogP) is 2.56. The standard InChI is InChI=1S/C9H8N2O2.C5H5NOS/c1-11-7-2-3-8(9(12)13)6(4-7)5-10;1-4-2-6-8-5(4)3-7/h2-4,11H,1H3,(H,12,13);2-3H,1H3. The van der Waals surface area contributed by atoms with E-state index in [-0.39, 0.29) is 11.1 Å². The molecule has 1 heterocycles. The van der Waals surface area contributed by atoms with E-state index in [9.17, 15) is 9.59 Å². The number of carboxylic acids is 1. The highest BCUT2D eigenvalue weighted by atomic mass is 32.1. The lowest BCUT2D eigenvalue weighted by molar-refractivity contribution is 0.0696. The van der Waals surface area contributed by atoms with Gasteiger partial charge in [0.15, 0.2) is 6.29 Å². The number of hydrogen-bond donors (Lipinski definition) is 2. The molecule has 0 bridgehead atoms. The van der Waals surface area contributed by atoms with Gasteiger partial charge in [-0.15, -0.1) is 0 Å². The van der Waals surface area contributed by atoms with Crippen LogP contribution in [0.3, 0.4) is 0 Å². The summed E-state index contributed by atoms with van der Waals surface area (Å²) in [6, 6.07) is 6.36. The summed E-state index contributed by atoms with van der Waals surface area (Å²) in [5.41, 5.74) is 1.88. The van der Waals surface area contributed by atoms with Gasteiger partial charge in [-0.25, -0.2) is 9.17 Å². The molecule has 0 amide bonds. The van der Waals surface area contributed by atoms with Gasteiger partial charge in [-0.1, -0.05) is 0 Å². The van der Waals surface area contributed by atoms with Crippen molar-refractivity contribution in [3.63, 3.8) is 0 Å². The molecule has 0 unspecified atom stereocenters. The number of anilines is 1. The molecule has 7 heteroatoms. The van der Waals surface area contributed by atoms with Gasteiger partial charge >= 0.3 is 5.97 Å². The number of rotatable bonds is 3. The first-order valence-corrected chi connectivity index (χ1v) is 6.62. The van der Waals surface area contributed by atoms with Crippen LogP contribution in [0, 0.1) is 18.3 Å². The number of carbonyl (C=O) groups excluding carboxylic acids is 1. The summed E-state index contributed by atoms with van der Waals surface area (Å²) in [5, 5.41) is 20.2. The molecule has 2 aromatic rings. The third-order valence-corrected chi connectivity index (χ3v) is 3.38. The second kappa shape index (κ2) is 7.77. The van der Waals surface area contributed by atoms with Gasteiger partial charge in [0.1, 0.15) is 6.07 Å². The summed E-state index contributed by atoms with van der Waals surface area (Å²) in [4.78, 5) is 21.4. The topological polar surface area (TPSA) is 103 Å². The molecule has 6 nitrogen and oxygen atoms in total. The van der Waals surface area contributed by atoms with E-state index in [1.165, 1.54) is 23.7 Å². The Morgan fingerprint density at radius 1 is 1.52 bits per heavy atom. The van der Waals surface area contributed by atoms with Crippen LogP contribution < -0.4 is 5.32 Å².